The van der Waals surface area contributed by atoms with E-state index in [4.69, 9.17) is 10.5 Å². The van der Waals surface area contributed by atoms with E-state index in [-0.39, 0.29) is 0 Å². The van der Waals surface area contributed by atoms with E-state index in [0.717, 1.165) is 24.0 Å². The number of H-pyrrole nitrogens is 1. The zero-order valence-corrected chi connectivity index (χ0v) is 16.5. The molecule has 0 amide bonds. The van der Waals surface area contributed by atoms with Crippen LogP contribution in [-0.2, 0) is 0 Å². The van der Waals surface area contributed by atoms with E-state index < -0.39 is 0 Å². The Morgan fingerprint density at radius 3 is 2.69 bits per heavy atom. The molecule has 0 atom stereocenters. The van der Waals surface area contributed by atoms with E-state index in [9.17, 15) is 0 Å². The Hall–Kier alpha value is -3.74. The Balaban J connectivity index is 1.59. The molecular formula is C22H24N6O. The van der Waals surface area contributed by atoms with Crippen molar-refractivity contribution in [3.63, 3.8) is 0 Å². The SMILES string of the molecule is CCCN(C)c1ccc(Nc2nc(Oc3cccc(N)c3)c3cc[nH]c3n2)cc1. The first-order chi connectivity index (χ1) is 14.1. The van der Waals surface area contributed by atoms with Crippen molar-refractivity contribution >= 4 is 34.0 Å². The zero-order chi connectivity index (χ0) is 20.2. The summed E-state index contributed by atoms with van der Waals surface area (Å²) in [5.74, 6) is 1.54. The number of nitrogens with zero attached hydrogens (tertiary/aromatic N) is 3. The predicted octanol–water partition coefficient (Wildman–Crippen LogP) is 4.92. The van der Waals surface area contributed by atoms with Crippen molar-refractivity contribution in [3.8, 4) is 11.6 Å². The van der Waals surface area contributed by atoms with Gasteiger partial charge >= 0.3 is 0 Å². The minimum atomic E-state index is 0.452. The lowest BCUT2D eigenvalue weighted by molar-refractivity contribution is 0.469. The van der Waals surface area contributed by atoms with Crippen molar-refractivity contribution in [2.24, 2.45) is 0 Å². The molecule has 0 saturated carbocycles. The van der Waals surface area contributed by atoms with Gasteiger partial charge in [-0.3, -0.25) is 0 Å². The maximum absolute atomic E-state index is 5.99. The highest BCUT2D eigenvalue weighted by Crippen LogP contribution is 2.30. The van der Waals surface area contributed by atoms with Gasteiger partial charge in [-0.15, -0.1) is 0 Å². The number of ether oxygens (including phenoxy) is 1. The number of nitrogens with two attached hydrogens (primary N) is 1. The number of hydrogen-bond acceptors (Lipinski definition) is 6. The van der Waals surface area contributed by atoms with Crippen LogP contribution in [0.1, 0.15) is 13.3 Å². The molecule has 7 nitrogen and oxygen atoms in total. The van der Waals surface area contributed by atoms with E-state index in [2.05, 4.69) is 51.3 Å². The normalized spacial score (nSPS) is 10.8. The molecule has 7 heteroatoms. The van der Waals surface area contributed by atoms with E-state index >= 15 is 0 Å². The van der Waals surface area contributed by atoms with Gasteiger partial charge in [0, 0.05) is 42.9 Å². The average molecular weight is 388 g/mol. The molecule has 4 aromatic rings. The second-order valence-electron chi connectivity index (χ2n) is 6.86. The van der Waals surface area contributed by atoms with Crippen molar-refractivity contribution in [2.75, 3.05) is 29.5 Å². The van der Waals surface area contributed by atoms with Crippen LogP contribution >= 0.6 is 0 Å². The van der Waals surface area contributed by atoms with Gasteiger partial charge in [0.2, 0.25) is 11.8 Å². The van der Waals surface area contributed by atoms with Crippen LogP contribution in [0.25, 0.3) is 11.0 Å². The maximum atomic E-state index is 5.99. The quantitative estimate of drug-likeness (QED) is 0.389. The van der Waals surface area contributed by atoms with Crippen LogP contribution in [-0.4, -0.2) is 28.5 Å². The number of rotatable bonds is 7. The monoisotopic (exact) mass is 388 g/mol. The van der Waals surface area contributed by atoms with E-state index in [1.165, 1.54) is 5.69 Å². The maximum Gasteiger partial charge on any atom is 0.233 e. The molecule has 0 aliphatic carbocycles. The fourth-order valence-corrected chi connectivity index (χ4v) is 3.13. The molecule has 0 unspecified atom stereocenters. The summed E-state index contributed by atoms with van der Waals surface area (Å²) in [6.07, 6.45) is 2.92. The number of benzene rings is 2. The van der Waals surface area contributed by atoms with Gasteiger partial charge in [0.1, 0.15) is 11.4 Å². The lowest BCUT2D eigenvalue weighted by atomic mass is 10.2. The number of hydrogen-bond donors (Lipinski definition) is 3. The summed E-state index contributed by atoms with van der Waals surface area (Å²) in [6.45, 7) is 3.19. The smallest absolute Gasteiger partial charge is 0.233 e. The molecule has 0 aliphatic heterocycles. The van der Waals surface area contributed by atoms with Gasteiger partial charge in [0.25, 0.3) is 0 Å². The van der Waals surface area contributed by atoms with Crippen molar-refractivity contribution < 1.29 is 4.74 Å². The van der Waals surface area contributed by atoms with Crippen LogP contribution in [0.5, 0.6) is 11.6 Å². The summed E-state index contributed by atoms with van der Waals surface area (Å²) in [5, 5.41) is 4.06. The molecule has 0 saturated heterocycles. The van der Waals surface area contributed by atoms with Crippen molar-refractivity contribution in [3.05, 3.63) is 60.8 Å². The summed E-state index contributed by atoms with van der Waals surface area (Å²) >= 11 is 0. The summed E-state index contributed by atoms with van der Waals surface area (Å²) in [7, 11) is 2.09. The Morgan fingerprint density at radius 1 is 1.10 bits per heavy atom. The van der Waals surface area contributed by atoms with Crippen LogP contribution in [0.15, 0.2) is 60.8 Å². The largest absolute Gasteiger partial charge is 0.438 e. The minimum Gasteiger partial charge on any atom is -0.438 e. The molecule has 2 aromatic heterocycles. The fourth-order valence-electron chi connectivity index (χ4n) is 3.13. The first-order valence-corrected chi connectivity index (χ1v) is 9.59. The standard InChI is InChI=1S/C22H24N6O/c1-3-13-28(2)17-9-7-16(8-10-17)25-22-26-20-19(11-12-24-20)21(27-22)29-18-6-4-5-15(23)14-18/h4-12,14H,3,13,23H2,1-2H3,(H2,24,25,26,27). The summed E-state index contributed by atoms with van der Waals surface area (Å²) < 4.78 is 5.99. The van der Waals surface area contributed by atoms with Gasteiger partial charge in [0.15, 0.2) is 0 Å². The number of anilines is 4. The topological polar surface area (TPSA) is 92.1 Å². The first-order valence-electron chi connectivity index (χ1n) is 9.59. The summed E-state index contributed by atoms with van der Waals surface area (Å²) in [5.41, 5.74) is 9.25. The van der Waals surface area contributed by atoms with Gasteiger partial charge in [0.05, 0.1) is 5.39 Å². The third-order valence-corrected chi connectivity index (χ3v) is 4.58. The van der Waals surface area contributed by atoms with E-state index in [1.807, 2.05) is 42.6 Å². The second kappa shape index (κ2) is 8.10. The molecule has 0 aliphatic rings. The summed E-state index contributed by atoms with van der Waals surface area (Å²) in [6, 6.07) is 17.3. The first kappa shape index (κ1) is 18.6. The molecule has 148 valence electrons. The third kappa shape index (κ3) is 4.24. The number of aromatic amines is 1. The molecule has 0 spiro atoms. The molecule has 2 heterocycles. The average Bonchev–Trinajstić information content (AvgIpc) is 3.18. The van der Waals surface area contributed by atoms with Crippen LogP contribution in [0.2, 0.25) is 0 Å². The molecule has 2 aromatic carbocycles. The Bertz CT molecular complexity index is 1110. The Labute approximate surface area is 169 Å². The predicted molar refractivity (Wildman–Crippen MR) is 118 cm³/mol. The minimum absolute atomic E-state index is 0.452. The zero-order valence-electron chi connectivity index (χ0n) is 16.5. The van der Waals surface area contributed by atoms with E-state index in [0.29, 0.717) is 28.9 Å². The van der Waals surface area contributed by atoms with Crippen LogP contribution < -0.4 is 20.7 Å². The van der Waals surface area contributed by atoms with Gasteiger partial charge in [-0.25, -0.2) is 0 Å². The van der Waals surface area contributed by atoms with Crippen LogP contribution in [0, 0.1) is 0 Å². The van der Waals surface area contributed by atoms with Crippen molar-refractivity contribution in [2.45, 2.75) is 13.3 Å². The Morgan fingerprint density at radius 2 is 1.93 bits per heavy atom. The lowest BCUT2D eigenvalue weighted by Gasteiger charge is -2.18. The highest BCUT2D eigenvalue weighted by Gasteiger charge is 2.12. The molecular weight excluding hydrogens is 364 g/mol. The van der Waals surface area contributed by atoms with Crippen LogP contribution in [0.3, 0.4) is 0 Å². The van der Waals surface area contributed by atoms with Gasteiger partial charge in [-0.1, -0.05) is 13.0 Å². The van der Waals surface area contributed by atoms with Gasteiger partial charge in [-0.05, 0) is 48.9 Å². The molecule has 0 radical (unpaired) electrons. The second-order valence-corrected chi connectivity index (χ2v) is 6.86. The number of aromatic nitrogens is 3. The molecule has 4 rings (SSSR count). The molecule has 4 N–H and O–H groups in total. The van der Waals surface area contributed by atoms with Crippen molar-refractivity contribution in [1.82, 2.24) is 15.0 Å². The highest BCUT2D eigenvalue weighted by molar-refractivity contribution is 5.82. The number of nitrogen functional groups attached to an aromatic ring is 1. The lowest BCUT2D eigenvalue weighted by Crippen LogP contribution is -2.17. The number of nitrogens with one attached hydrogen (secondary N) is 2. The molecule has 0 bridgehead atoms. The molecule has 0 fully saturated rings. The van der Waals surface area contributed by atoms with Gasteiger partial charge in [-0.2, -0.15) is 9.97 Å². The van der Waals surface area contributed by atoms with Crippen LogP contribution in [0.4, 0.5) is 23.0 Å². The third-order valence-electron chi connectivity index (χ3n) is 4.58. The Kier molecular flexibility index (Phi) is 5.20. The van der Waals surface area contributed by atoms with Gasteiger partial charge < -0.3 is 25.7 Å². The van der Waals surface area contributed by atoms with Crippen molar-refractivity contribution in [1.29, 1.82) is 0 Å². The molecule has 29 heavy (non-hydrogen) atoms. The fraction of sp³-hybridized carbons (Fsp3) is 0.182. The summed E-state index contributed by atoms with van der Waals surface area (Å²) in [4.78, 5) is 14.5. The van der Waals surface area contributed by atoms with E-state index in [1.54, 1.807) is 6.07 Å². The number of fused-ring (bicyclic) bond motifs is 1. The highest BCUT2D eigenvalue weighted by atomic mass is 16.5.